The lowest BCUT2D eigenvalue weighted by Crippen LogP contribution is -2.14. The number of hydrogen-bond acceptors (Lipinski definition) is 17. The summed E-state index contributed by atoms with van der Waals surface area (Å²) in [6, 6.07) is 65.7. The Kier molecular flexibility index (Phi) is 31.0. The molecule has 0 saturated heterocycles. The van der Waals surface area contributed by atoms with Crippen LogP contribution in [0.2, 0.25) is 0 Å². The number of halogens is 8. The number of carbonyl (C=O) groups is 5. The van der Waals surface area contributed by atoms with Crippen molar-refractivity contribution in [2.24, 2.45) is 0 Å². The molecular formula is C96H72F8N12O10. The molecule has 5 aromatic heterocycles. The summed E-state index contributed by atoms with van der Waals surface area (Å²) in [6.07, 6.45) is 22.0. The molecule has 0 spiro atoms. The Labute approximate surface area is 716 Å². The SMILES string of the molecule is C#Cc1cccc(C(=O)Nc2cccc(Oc3cncc(F)c3)c2)c1.CC(F)(F)c1cccc(C(=O)Nc2cc(F)cc(Oc3cncnc3)c2)c1.CC(F)(F)c1cccc(C(=O)Nc2cccc(Oc3cccnc3)c2)c1.Cc1cccc(C(=O)Nc2cc(F)cc(Oc3cncnc3)c2)c1.Cc1cccc(C(=O)Nc2cccc(Oc3cncc(F)c3)c2)c1. The molecule has 0 radical (unpaired) electrons. The van der Waals surface area contributed by atoms with Crippen LogP contribution in [-0.2, 0) is 11.8 Å². The number of aromatic nitrogens is 7. The molecule has 15 aromatic rings. The van der Waals surface area contributed by atoms with Gasteiger partial charge in [-0.1, -0.05) is 89.8 Å². The predicted octanol–water partition coefficient (Wildman–Crippen LogP) is 22.8. The first kappa shape index (κ1) is 89.9. The average molecular weight is 1710 g/mol. The fraction of sp³-hybridized carbons (Fsp3) is 0.0625. The Bertz CT molecular complexity index is 6350. The second-order valence-electron chi connectivity index (χ2n) is 27.1. The zero-order valence-electron chi connectivity index (χ0n) is 67.0. The number of ether oxygens (including phenoxy) is 5. The van der Waals surface area contributed by atoms with Crippen LogP contribution < -0.4 is 50.3 Å². The number of nitrogens with one attached hydrogen (secondary N) is 5. The maximum absolute atomic E-state index is 13.8. The Morgan fingerprint density at radius 1 is 0.294 bits per heavy atom. The Morgan fingerprint density at radius 2 is 0.603 bits per heavy atom. The van der Waals surface area contributed by atoms with Gasteiger partial charge in [0, 0.05) is 148 Å². The number of pyridine rings is 3. The third-order valence-corrected chi connectivity index (χ3v) is 16.9. The van der Waals surface area contributed by atoms with Gasteiger partial charge in [-0.3, -0.25) is 38.9 Å². The van der Waals surface area contributed by atoms with Crippen LogP contribution in [0.5, 0.6) is 57.5 Å². The number of terminal acetylenes is 1. The topological polar surface area (TPSA) is 282 Å². The van der Waals surface area contributed by atoms with E-state index in [0.717, 1.165) is 55.6 Å². The van der Waals surface area contributed by atoms with Crippen molar-refractivity contribution in [3.05, 3.63) is 408 Å². The maximum Gasteiger partial charge on any atom is 0.270 e. The van der Waals surface area contributed by atoms with E-state index in [1.807, 2.05) is 38.1 Å². The van der Waals surface area contributed by atoms with Gasteiger partial charge in [0.1, 0.15) is 81.9 Å². The number of alkyl halides is 4. The van der Waals surface area contributed by atoms with Gasteiger partial charge in [0.15, 0.2) is 11.5 Å². The second kappa shape index (κ2) is 43.4. The predicted molar refractivity (Wildman–Crippen MR) is 458 cm³/mol. The highest BCUT2D eigenvalue weighted by atomic mass is 19.3. The number of rotatable bonds is 22. The van der Waals surface area contributed by atoms with Crippen LogP contribution in [0.15, 0.2) is 329 Å². The van der Waals surface area contributed by atoms with Crippen molar-refractivity contribution in [3.8, 4) is 69.8 Å². The van der Waals surface area contributed by atoms with Crippen LogP contribution in [0, 0.1) is 49.5 Å². The van der Waals surface area contributed by atoms with Crippen LogP contribution >= 0.6 is 0 Å². The molecule has 0 aliphatic carbocycles. The molecule has 0 aliphatic rings. The van der Waals surface area contributed by atoms with E-state index in [-0.39, 0.29) is 68.7 Å². The van der Waals surface area contributed by atoms with Crippen LogP contribution in [0.1, 0.15) is 93.5 Å². The number of amides is 5. The van der Waals surface area contributed by atoms with Gasteiger partial charge in [-0.05, 0) is 141 Å². The highest BCUT2D eigenvalue weighted by molar-refractivity contribution is 6.07. The summed E-state index contributed by atoms with van der Waals surface area (Å²) in [4.78, 5) is 88.1. The zero-order valence-corrected chi connectivity index (χ0v) is 67.0. The van der Waals surface area contributed by atoms with Gasteiger partial charge in [0.25, 0.3) is 41.4 Å². The van der Waals surface area contributed by atoms with E-state index in [2.05, 4.69) is 67.4 Å². The van der Waals surface area contributed by atoms with Crippen molar-refractivity contribution in [1.82, 2.24) is 34.9 Å². The Hall–Kier alpha value is -16.8. The van der Waals surface area contributed by atoms with E-state index in [1.165, 1.54) is 129 Å². The first-order valence-electron chi connectivity index (χ1n) is 37.7. The van der Waals surface area contributed by atoms with E-state index in [4.69, 9.17) is 30.1 Å². The average Bonchev–Trinajstić information content (AvgIpc) is 0.836. The van der Waals surface area contributed by atoms with Gasteiger partial charge in [-0.15, -0.1) is 6.42 Å². The summed E-state index contributed by atoms with van der Waals surface area (Å²) >= 11 is 0. The summed E-state index contributed by atoms with van der Waals surface area (Å²) in [5.41, 5.74) is 5.85. The monoisotopic (exact) mass is 1700 g/mol. The van der Waals surface area contributed by atoms with E-state index >= 15 is 0 Å². The summed E-state index contributed by atoms with van der Waals surface area (Å²) in [5.74, 6) is -4.09. The minimum absolute atomic E-state index is 0.0252. The highest BCUT2D eigenvalue weighted by Gasteiger charge is 2.27. The fourth-order valence-electron chi connectivity index (χ4n) is 11.2. The molecule has 5 heterocycles. The normalized spacial score (nSPS) is 10.5. The Balaban J connectivity index is 0.000000153. The minimum atomic E-state index is -3.08. The molecular weight excluding hydrogens is 1630 g/mol. The van der Waals surface area contributed by atoms with Crippen molar-refractivity contribution < 1.29 is 82.8 Å². The smallest absolute Gasteiger partial charge is 0.270 e. The molecule has 0 bridgehead atoms. The molecule has 0 fully saturated rings. The standard InChI is InChI=1S/C20H16F2N2O2.C20H13FN2O2.C19H14F3N3O2.C19H15FN2O2.C18H14FN3O2/c1-20(21,22)15-6-2-5-14(11-15)19(25)24-16-7-3-8-17(12-16)26-18-9-4-10-23-13-18;1-2-14-5-3-6-15(9-14)20(24)23-17-7-4-8-18(11-17)25-19-10-16(21)12-22-13-19;1-19(21,22)13-4-2-3-12(5-13)18(26)25-15-6-14(20)7-16(8-15)27-17-9-23-11-24-10-17;1-13-4-2-5-14(8-13)19(23)22-16-6-3-7-17(10-16)24-18-9-15(20)11-21-12-18;1-12-3-2-4-13(5-12)18(23)22-15-6-14(19)7-16(8-15)24-17-9-20-11-21-10-17/h2-13H,1H3,(H,24,25);1,3-13H,(H,23,24);2-11H,1H3,(H,25,26);2-12H,1H3,(H,22,23);2-11H,1H3,(H,22,23). The number of benzene rings is 10. The second-order valence-corrected chi connectivity index (χ2v) is 27.1. The summed E-state index contributed by atoms with van der Waals surface area (Å²) in [7, 11) is 0. The molecule has 5 N–H and O–H groups in total. The molecule has 0 aliphatic heterocycles. The molecule has 0 atom stereocenters. The summed E-state index contributed by atoms with van der Waals surface area (Å²) in [6.45, 7) is 5.36. The number of nitrogens with zero attached hydrogens (tertiary/aromatic N) is 7. The quantitative estimate of drug-likeness (QED) is 0.0311. The van der Waals surface area contributed by atoms with E-state index in [1.54, 1.807) is 146 Å². The van der Waals surface area contributed by atoms with Crippen molar-refractivity contribution in [2.75, 3.05) is 26.6 Å². The van der Waals surface area contributed by atoms with Crippen molar-refractivity contribution in [1.29, 1.82) is 0 Å². The molecule has 5 amide bonds. The van der Waals surface area contributed by atoms with Crippen LogP contribution in [0.3, 0.4) is 0 Å². The van der Waals surface area contributed by atoms with E-state index in [0.29, 0.717) is 79.5 Å². The maximum atomic E-state index is 13.8. The molecule has 126 heavy (non-hydrogen) atoms. The lowest BCUT2D eigenvalue weighted by Gasteiger charge is -2.12. The fourth-order valence-corrected chi connectivity index (χ4v) is 11.2. The van der Waals surface area contributed by atoms with Crippen LogP contribution in [0.25, 0.3) is 0 Å². The molecule has 10 aromatic carbocycles. The molecule has 22 nitrogen and oxygen atoms in total. The van der Waals surface area contributed by atoms with E-state index < -0.39 is 46.9 Å². The molecule has 30 heteroatoms. The Morgan fingerprint density at radius 3 is 0.968 bits per heavy atom. The number of anilines is 5. The largest absolute Gasteiger partial charge is 0.456 e. The summed E-state index contributed by atoms with van der Waals surface area (Å²) in [5, 5.41) is 13.4. The number of aryl methyl sites for hydroxylation is 2. The van der Waals surface area contributed by atoms with E-state index in [9.17, 15) is 59.1 Å². The highest BCUT2D eigenvalue weighted by Crippen LogP contribution is 2.34. The van der Waals surface area contributed by atoms with Gasteiger partial charge >= 0.3 is 0 Å². The lowest BCUT2D eigenvalue weighted by molar-refractivity contribution is 0.0167. The first-order valence-corrected chi connectivity index (χ1v) is 37.7. The number of hydrogen-bond donors (Lipinski definition) is 5. The van der Waals surface area contributed by atoms with Crippen molar-refractivity contribution in [2.45, 2.75) is 39.5 Å². The van der Waals surface area contributed by atoms with Crippen LogP contribution in [-0.4, -0.2) is 64.4 Å². The first-order chi connectivity index (χ1) is 60.6. The molecule has 632 valence electrons. The third kappa shape index (κ3) is 28.7. The van der Waals surface area contributed by atoms with Gasteiger partial charge in [0.05, 0.1) is 55.8 Å². The summed E-state index contributed by atoms with van der Waals surface area (Å²) < 4.78 is 135. The van der Waals surface area contributed by atoms with Crippen molar-refractivity contribution in [3.63, 3.8) is 0 Å². The third-order valence-electron chi connectivity index (χ3n) is 16.9. The molecule has 0 saturated carbocycles. The lowest BCUT2D eigenvalue weighted by atomic mass is 10.1. The van der Waals surface area contributed by atoms with Crippen molar-refractivity contribution >= 4 is 58.0 Å². The number of carbonyl (C=O) groups excluding carboxylic acids is 5. The van der Waals surface area contributed by atoms with Gasteiger partial charge < -0.3 is 50.3 Å². The minimum Gasteiger partial charge on any atom is -0.456 e. The molecule has 0 unspecified atom stereocenters. The van der Waals surface area contributed by atoms with Gasteiger partial charge in [-0.25, -0.2) is 55.1 Å². The van der Waals surface area contributed by atoms with Gasteiger partial charge in [0.2, 0.25) is 0 Å². The molecule has 15 rings (SSSR count). The van der Waals surface area contributed by atoms with Crippen LogP contribution in [0.4, 0.5) is 63.6 Å². The van der Waals surface area contributed by atoms with Gasteiger partial charge in [-0.2, -0.15) is 0 Å². The zero-order chi connectivity index (χ0) is 89.5.